The highest BCUT2D eigenvalue weighted by atomic mass is 16.5. The normalized spacial score (nSPS) is 11.3. The molecule has 0 aliphatic heterocycles. The molecule has 0 atom stereocenters. The molecule has 0 unspecified atom stereocenters. The highest BCUT2D eigenvalue weighted by molar-refractivity contribution is 5.92. The summed E-state index contributed by atoms with van der Waals surface area (Å²) in [4.78, 5) is 35.4. The molecule has 1 N–H and O–H groups in total. The van der Waals surface area contributed by atoms with E-state index in [4.69, 9.17) is 4.52 Å². The van der Waals surface area contributed by atoms with Crippen LogP contribution in [0.4, 0.5) is 5.69 Å². The molecule has 5 aromatic rings. The Balaban J connectivity index is 1.51. The quantitative estimate of drug-likeness (QED) is 0.335. The first-order valence-corrected chi connectivity index (χ1v) is 12.1. The molecule has 186 valence electrons. The fraction of sp³-hybridized carbons (Fsp3) is 0.207. The maximum Gasteiger partial charge on any atom is 0.263 e. The summed E-state index contributed by atoms with van der Waals surface area (Å²) in [7, 11) is 0. The monoisotopic (exact) mass is 493 g/mol. The first-order chi connectivity index (χ1) is 17.8. The number of nitrogens with zero attached hydrogens (tertiary/aromatic N) is 4. The van der Waals surface area contributed by atoms with Crippen molar-refractivity contribution in [1.82, 2.24) is 19.7 Å². The number of aryl methyl sites for hydroxylation is 2. The van der Waals surface area contributed by atoms with Gasteiger partial charge in [0, 0.05) is 23.1 Å². The number of amides is 1. The molecule has 0 aliphatic carbocycles. The van der Waals surface area contributed by atoms with Gasteiger partial charge in [-0.25, -0.2) is 4.98 Å². The first kappa shape index (κ1) is 24.1. The molecule has 8 heteroatoms. The van der Waals surface area contributed by atoms with Crippen LogP contribution in [-0.4, -0.2) is 25.6 Å². The molecule has 0 fully saturated rings. The summed E-state index contributed by atoms with van der Waals surface area (Å²) in [5.41, 5.74) is 4.77. The number of nitrogens with one attached hydrogen (secondary N) is 1. The van der Waals surface area contributed by atoms with E-state index in [2.05, 4.69) is 34.3 Å². The van der Waals surface area contributed by atoms with Crippen molar-refractivity contribution in [2.45, 2.75) is 40.2 Å². The Morgan fingerprint density at radius 1 is 0.973 bits per heavy atom. The number of aromatic nitrogens is 4. The molecule has 2 aromatic carbocycles. The molecule has 37 heavy (non-hydrogen) atoms. The van der Waals surface area contributed by atoms with Crippen LogP contribution < -0.4 is 10.7 Å². The number of rotatable bonds is 6. The summed E-state index contributed by atoms with van der Waals surface area (Å²) in [6.07, 6.45) is 1.56. The van der Waals surface area contributed by atoms with E-state index in [1.54, 1.807) is 22.9 Å². The van der Waals surface area contributed by atoms with E-state index in [0.717, 1.165) is 16.8 Å². The van der Waals surface area contributed by atoms with Gasteiger partial charge in [0.15, 0.2) is 0 Å². The third kappa shape index (κ3) is 4.91. The third-order valence-corrected chi connectivity index (χ3v) is 6.28. The molecular formula is C29H27N5O3. The standard InChI is InChI=1S/C29H27N5O3/c1-17(2)20-10-12-21(13-11-20)31-25(35)16-34-15-24(26(36)23-14-9-19(4)30-28(23)34)29-32-27(33-37-29)22-8-6-5-7-18(22)3/h5-15,17H,16H2,1-4H3,(H,31,35). The van der Waals surface area contributed by atoms with Crippen LogP contribution in [0.25, 0.3) is 33.9 Å². The van der Waals surface area contributed by atoms with Crippen molar-refractivity contribution in [2.75, 3.05) is 5.32 Å². The van der Waals surface area contributed by atoms with E-state index in [-0.39, 0.29) is 29.3 Å². The maximum atomic E-state index is 13.4. The predicted octanol–water partition coefficient (Wildman–Crippen LogP) is 5.49. The average Bonchev–Trinajstić information content (AvgIpc) is 3.36. The molecule has 0 bridgehead atoms. The van der Waals surface area contributed by atoms with Crippen molar-refractivity contribution in [1.29, 1.82) is 0 Å². The van der Waals surface area contributed by atoms with Gasteiger partial charge in [-0.15, -0.1) is 0 Å². The molecule has 0 aliphatic rings. The topological polar surface area (TPSA) is 103 Å². The minimum atomic E-state index is -0.289. The molecular weight excluding hydrogens is 466 g/mol. The van der Waals surface area contributed by atoms with E-state index in [0.29, 0.717) is 28.5 Å². The van der Waals surface area contributed by atoms with Crippen LogP contribution in [0.1, 0.15) is 36.6 Å². The number of fused-ring (bicyclic) bond motifs is 1. The van der Waals surface area contributed by atoms with Crippen molar-refractivity contribution in [2.24, 2.45) is 0 Å². The molecule has 0 saturated heterocycles. The van der Waals surface area contributed by atoms with Crippen LogP contribution in [0.15, 0.2) is 76.2 Å². The Bertz CT molecular complexity index is 1670. The Labute approximate surface area is 214 Å². The zero-order valence-corrected chi connectivity index (χ0v) is 21.1. The SMILES string of the molecule is Cc1ccc2c(=O)c(-c3nc(-c4ccccc4C)no3)cn(CC(=O)Nc3ccc(C(C)C)cc3)c2n1. The van der Waals surface area contributed by atoms with Crippen LogP contribution in [0.5, 0.6) is 0 Å². The molecule has 0 saturated carbocycles. The second kappa shape index (κ2) is 9.81. The number of hydrogen-bond donors (Lipinski definition) is 1. The number of hydrogen-bond acceptors (Lipinski definition) is 6. The lowest BCUT2D eigenvalue weighted by atomic mass is 10.0. The summed E-state index contributed by atoms with van der Waals surface area (Å²) in [5.74, 6) is 0.636. The summed E-state index contributed by atoms with van der Waals surface area (Å²) in [6.45, 7) is 7.98. The lowest BCUT2D eigenvalue weighted by Crippen LogP contribution is -2.22. The summed E-state index contributed by atoms with van der Waals surface area (Å²) < 4.78 is 7.15. The van der Waals surface area contributed by atoms with Gasteiger partial charge in [0.25, 0.3) is 5.89 Å². The fourth-order valence-corrected chi connectivity index (χ4v) is 4.21. The minimum absolute atomic E-state index is 0.0506. The van der Waals surface area contributed by atoms with Gasteiger partial charge in [-0.2, -0.15) is 4.98 Å². The summed E-state index contributed by atoms with van der Waals surface area (Å²) in [6, 6.07) is 18.9. The number of pyridine rings is 2. The lowest BCUT2D eigenvalue weighted by Gasteiger charge is -2.13. The van der Waals surface area contributed by atoms with E-state index in [9.17, 15) is 9.59 Å². The van der Waals surface area contributed by atoms with Crippen molar-refractivity contribution >= 4 is 22.6 Å². The maximum absolute atomic E-state index is 13.4. The second-order valence-electron chi connectivity index (χ2n) is 9.39. The number of anilines is 1. The summed E-state index contributed by atoms with van der Waals surface area (Å²) >= 11 is 0. The number of carbonyl (C=O) groups excluding carboxylic acids is 1. The van der Waals surface area contributed by atoms with Gasteiger partial charge >= 0.3 is 0 Å². The molecule has 1 amide bonds. The predicted molar refractivity (Wildman–Crippen MR) is 143 cm³/mol. The van der Waals surface area contributed by atoms with Crippen molar-refractivity contribution in [3.05, 3.63) is 93.9 Å². The van der Waals surface area contributed by atoms with Gasteiger partial charge in [-0.05, 0) is 55.2 Å². The zero-order valence-electron chi connectivity index (χ0n) is 21.1. The Morgan fingerprint density at radius 3 is 2.46 bits per heavy atom. The van der Waals surface area contributed by atoms with Crippen LogP contribution >= 0.6 is 0 Å². The van der Waals surface area contributed by atoms with Crippen LogP contribution in [0, 0.1) is 13.8 Å². The van der Waals surface area contributed by atoms with E-state index >= 15 is 0 Å². The number of benzene rings is 2. The van der Waals surface area contributed by atoms with Gasteiger partial charge in [0.1, 0.15) is 17.8 Å². The highest BCUT2D eigenvalue weighted by Gasteiger charge is 2.19. The first-order valence-electron chi connectivity index (χ1n) is 12.1. The van der Waals surface area contributed by atoms with Crippen LogP contribution in [0.2, 0.25) is 0 Å². The average molecular weight is 494 g/mol. The van der Waals surface area contributed by atoms with Gasteiger partial charge in [-0.3, -0.25) is 9.59 Å². The second-order valence-corrected chi connectivity index (χ2v) is 9.39. The van der Waals surface area contributed by atoms with Gasteiger partial charge < -0.3 is 14.4 Å². The molecule has 3 aromatic heterocycles. The summed E-state index contributed by atoms with van der Waals surface area (Å²) in [5, 5.41) is 7.39. The van der Waals surface area contributed by atoms with Gasteiger partial charge in [-0.1, -0.05) is 55.4 Å². The van der Waals surface area contributed by atoms with Gasteiger partial charge in [0.2, 0.25) is 17.2 Å². The Morgan fingerprint density at radius 2 is 1.73 bits per heavy atom. The molecule has 0 radical (unpaired) electrons. The zero-order chi connectivity index (χ0) is 26.1. The van der Waals surface area contributed by atoms with Crippen molar-refractivity contribution in [3.8, 4) is 22.8 Å². The Kier molecular flexibility index (Phi) is 6.40. The van der Waals surface area contributed by atoms with E-state index < -0.39 is 0 Å². The van der Waals surface area contributed by atoms with Crippen LogP contribution in [0.3, 0.4) is 0 Å². The molecule has 8 nitrogen and oxygen atoms in total. The molecule has 5 rings (SSSR count). The van der Waals surface area contributed by atoms with Crippen molar-refractivity contribution in [3.63, 3.8) is 0 Å². The Hall–Kier alpha value is -4.59. The molecule has 0 spiro atoms. The van der Waals surface area contributed by atoms with Crippen molar-refractivity contribution < 1.29 is 9.32 Å². The highest BCUT2D eigenvalue weighted by Crippen LogP contribution is 2.24. The molecule has 3 heterocycles. The van der Waals surface area contributed by atoms with Crippen LogP contribution in [-0.2, 0) is 11.3 Å². The van der Waals surface area contributed by atoms with E-state index in [1.165, 1.54) is 5.56 Å². The lowest BCUT2D eigenvalue weighted by molar-refractivity contribution is -0.116. The largest absolute Gasteiger partial charge is 0.333 e. The van der Waals surface area contributed by atoms with E-state index in [1.807, 2.05) is 62.4 Å². The minimum Gasteiger partial charge on any atom is -0.333 e. The fourth-order valence-electron chi connectivity index (χ4n) is 4.21. The van der Waals surface area contributed by atoms with Gasteiger partial charge in [0.05, 0.1) is 5.39 Å². The smallest absolute Gasteiger partial charge is 0.263 e. The third-order valence-electron chi connectivity index (χ3n) is 6.28. The number of carbonyl (C=O) groups is 1.